The summed E-state index contributed by atoms with van der Waals surface area (Å²) in [6, 6.07) is 2.42. The highest BCUT2D eigenvalue weighted by atomic mass is 14.9. The number of hydrogen-bond donors (Lipinski definition) is 1. The van der Waals surface area contributed by atoms with Gasteiger partial charge in [-0.2, -0.15) is 5.26 Å². The van der Waals surface area contributed by atoms with Crippen molar-refractivity contribution in [2.24, 2.45) is 11.8 Å². The van der Waals surface area contributed by atoms with Crippen LogP contribution < -0.4 is 5.32 Å². The molecular weight excluding hydrogens is 148 g/mol. The molecule has 1 rings (SSSR count). The predicted molar refractivity (Wildman–Crippen MR) is 49.6 cm³/mol. The van der Waals surface area contributed by atoms with Crippen LogP contribution in [0.1, 0.15) is 33.1 Å². The molecule has 68 valence electrons. The second-order valence-electron chi connectivity index (χ2n) is 4.30. The zero-order valence-corrected chi connectivity index (χ0v) is 8.22. The third kappa shape index (κ3) is 1.78. The van der Waals surface area contributed by atoms with Crippen molar-refractivity contribution in [1.82, 2.24) is 5.32 Å². The van der Waals surface area contributed by atoms with Crippen LogP contribution >= 0.6 is 0 Å². The molecule has 1 aliphatic carbocycles. The van der Waals surface area contributed by atoms with Gasteiger partial charge in [0.1, 0.15) is 5.54 Å². The zero-order chi connectivity index (χ0) is 9.19. The van der Waals surface area contributed by atoms with Crippen LogP contribution in [0.15, 0.2) is 0 Å². The molecule has 0 aromatic heterocycles. The van der Waals surface area contributed by atoms with Crippen molar-refractivity contribution in [3.8, 4) is 6.07 Å². The molecule has 2 heteroatoms. The van der Waals surface area contributed by atoms with E-state index in [1.807, 2.05) is 7.05 Å². The van der Waals surface area contributed by atoms with Gasteiger partial charge in [0.05, 0.1) is 6.07 Å². The zero-order valence-electron chi connectivity index (χ0n) is 8.22. The van der Waals surface area contributed by atoms with Gasteiger partial charge in [0.25, 0.3) is 0 Å². The molecule has 0 spiro atoms. The van der Waals surface area contributed by atoms with E-state index >= 15 is 0 Å². The van der Waals surface area contributed by atoms with E-state index in [4.69, 9.17) is 5.26 Å². The van der Waals surface area contributed by atoms with E-state index in [-0.39, 0.29) is 5.54 Å². The molecule has 2 unspecified atom stereocenters. The molecule has 0 aromatic carbocycles. The van der Waals surface area contributed by atoms with E-state index in [2.05, 4.69) is 25.2 Å². The maximum absolute atomic E-state index is 9.06. The van der Waals surface area contributed by atoms with Crippen LogP contribution in [0.5, 0.6) is 0 Å². The number of rotatable bonds is 1. The molecule has 2 nitrogen and oxygen atoms in total. The van der Waals surface area contributed by atoms with E-state index in [1.165, 1.54) is 6.42 Å². The fourth-order valence-corrected chi connectivity index (χ4v) is 2.48. The second kappa shape index (κ2) is 3.45. The predicted octanol–water partition coefficient (Wildman–Crippen LogP) is 1.92. The molecule has 0 heterocycles. The van der Waals surface area contributed by atoms with E-state index in [9.17, 15) is 0 Å². The molecule has 0 aromatic rings. The fraction of sp³-hybridized carbons (Fsp3) is 0.900. The Hall–Kier alpha value is -0.550. The van der Waals surface area contributed by atoms with Gasteiger partial charge < -0.3 is 5.32 Å². The lowest BCUT2D eigenvalue weighted by atomic mass is 9.72. The summed E-state index contributed by atoms with van der Waals surface area (Å²) in [4.78, 5) is 0. The minimum absolute atomic E-state index is 0.239. The van der Waals surface area contributed by atoms with E-state index in [0.717, 1.165) is 12.8 Å². The van der Waals surface area contributed by atoms with Gasteiger partial charge in [-0.05, 0) is 38.1 Å². The first-order chi connectivity index (χ1) is 5.62. The lowest BCUT2D eigenvalue weighted by Crippen LogP contribution is -2.47. The smallest absolute Gasteiger partial charge is 0.107 e. The summed E-state index contributed by atoms with van der Waals surface area (Å²) in [6.07, 6.45) is 3.28. The summed E-state index contributed by atoms with van der Waals surface area (Å²) in [5.41, 5.74) is -0.239. The van der Waals surface area contributed by atoms with E-state index < -0.39 is 0 Å². The molecule has 0 amide bonds. The Kier molecular flexibility index (Phi) is 2.74. The number of nitriles is 1. The quantitative estimate of drug-likeness (QED) is 0.646. The minimum atomic E-state index is -0.239. The molecule has 1 saturated carbocycles. The highest BCUT2D eigenvalue weighted by Gasteiger charge is 2.36. The van der Waals surface area contributed by atoms with Crippen LogP contribution in [-0.2, 0) is 0 Å². The van der Waals surface area contributed by atoms with Gasteiger partial charge in [-0.3, -0.25) is 0 Å². The largest absolute Gasteiger partial charge is 0.302 e. The van der Waals surface area contributed by atoms with E-state index in [1.54, 1.807) is 0 Å². The van der Waals surface area contributed by atoms with Crippen LogP contribution in [0.25, 0.3) is 0 Å². The summed E-state index contributed by atoms with van der Waals surface area (Å²) in [5.74, 6) is 1.36. The van der Waals surface area contributed by atoms with Crippen molar-refractivity contribution < 1.29 is 0 Å². The Bertz CT molecular complexity index is 183. The number of nitrogens with zero attached hydrogens (tertiary/aromatic N) is 1. The molecule has 0 radical (unpaired) electrons. The lowest BCUT2D eigenvalue weighted by Gasteiger charge is -2.37. The van der Waals surface area contributed by atoms with Crippen molar-refractivity contribution >= 4 is 0 Å². The van der Waals surface area contributed by atoms with Crippen LogP contribution in [-0.4, -0.2) is 12.6 Å². The average molecular weight is 166 g/mol. The first-order valence-electron chi connectivity index (χ1n) is 4.72. The van der Waals surface area contributed by atoms with Gasteiger partial charge in [-0.15, -0.1) is 0 Å². The highest BCUT2D eigenvalue weighted by molar-refractivity contribution is 5.09. The molecule has 0 aliphatic heterocycles. The Morgan fingerprint density at radius 3 is 2.17 bits per heavy atom. The average Bonchev–Trinajstić information content (AvgIpc) is 2.02. The maximum atomic E-state index is 9.06. The summed E-state index contributed by atoms with van der Waals surface area (Å²) < 4.78 is 0. The topological polar surface area (TPSA) is 35.8 Å². The van der Waals surface area contributed by atoms with Gasteiger partial charge in [-0.1, -0.05) is 13.8 Å². The maximum Gasteiger partial charge on any atom is 0.107 e. The summed E-state index contributed by atoms with van der Waals surface area (Å²) in [5, 5.41) is 12.2. The molecule has 1 N–H and O–H groups in total. The van der Waals surface area contributed by atoms with Crippen molar-refractivity contribution in [3.05, 3.63) is 0 Å². The van der Waals surface area contributed by atoms with Gasteiger partial charge in [0.15, 0.2) is 0 Å². The molecule has 1 aliphatic rings. The van der Waals surface area contributed by atoms with Crippen LogP contribution in [0.2, 0.25) is 0 Å². The second-order valence-corrected chi connectivity index (χ2v) is 4.30. The van der Waals surface area contributed by atoms with Gasteiger partial charge in [0, 0.05) is 0 Å². The Morgan fingerprint density at radius 2 is 1.83 bits per heavy atom. The Labute approximate surface area is 75.0 Å². The van der Waals surface area contributed by atoms with Crippen molar-refractivity contribution in [3.63, 3.8) is 0 Å². The summed E-state index contributed by atoms with van der Waals surface area (Å²) >= 11 is 0. The number of hydrogen-bond acceptors (Lipinski definition) is 2. The van der Waals surface area contributed by atoms with Crippen molar-refractivity contribution in [2.75, 3.05) is 7.05 Å². The molecular formula is C10H18N2. The Balaban J connectivity index is 2.71. The van der Waals surface area contributed by atoms with Crippen molar-refractivity contribution in [2.45, 2.75) is 38.6 Å². The number of nitrogens with one attached hydrogen (secondary N) is 1. The molecule has 0 saturated heterocycles. The first kappa shape index (κ1) is 9.54. The monoisotopic (exact) mass is 166 g/mol. The normalized spacial score (nSPS) is 42.2. The van der Waals surface area contributed by atoms with Gasteiger partial charge in [0.2, 0.25) is 0 Å². The molecule has 0 bridgehead atoms. The molecule has 2 atom stereocenters. The SMILES string of the molecule is CNC1(C#N)CC(C)CC(C)C1. The molecule has 1 fully saturated rings. The lowest BCUT2D eigenvalue weighted by molar-refractivity contribution is 0.198. The van der Waals surface area contributed by atoms with Gasteiger partial charge in [-0.25, -0.2) is 0 Å². The van der Waals surface area contributed by atoms with Crippen molar-refractivity contribution in [1.29, 1.82) is 5.26 Å². The third-order valence-corrected chi connectivity index (χ3v) is 2.89. The van der Waals surface area contributed by atoms with E-state index in [0.29, 0.717) is 11.8 Å². The third-order valence-electron chi connectivity index (χ3n) is 2.89. The summed E-state index contributed by atoms with van der Waals surface area (Å²) in [6.45, 7) is 4.47. The van der Waals surface area contributed by atoms with Crippen LogP contribution in [0.4, 0.5) is 0 Å². The summed E-state index contributed by atoms with van der Waals surface area (Å²) in [7, 11) is 1.90. The fourth-order valence-electron chi connectivity index (χ4n) is 2.48. The Morgan fingerprint density at radius 1 is 1.33 bits per heavy atom. The molecule has 12 heavy (non-hydrogen) atoms. The van der Waals surface area contributed by atoms with Crippen LogP contribution in [0.3, 0.4) is 0 Å². The van der Waals surface area contributed by atoms with Crippen LogP contribution in [0, 0.1) is 23.2 Å². The standard InChI is InChI=1S/C10H18N2/c1-8-4-9(2)6-10(5-8,7-11)12-3/h8-9,12H,4-6H2,1-3H3. The minimum Gasteiger partial charge on any atom is -0.302 e. The van der Waals surface area contributed by atoms with Gasteiger partial charge >= 0.3 is 0 Å². The first-order valence-corrected chi connectivity index (χ1v) is 4.72. The highest BCUT2D eigenvalue weighted by Crippen LogP contribution is 2.35.